The van der Waals surface area contributed by atoms with Gasteiger partial charge in [-0.3, -0.25) is 0 Å². The molecule has 118 valence electrons. The summed E-state index contributed by atoms with van der Waals surface area (Å²) in [5.41, 5.74) is -5.49. The molecule has 0 amide bonds. The number of sulfonamides is 1. The van der Waals surface area contributed by atoms with Gasteiger partial charge in [-0.25, -0.2) is 13.2 Å². The van der Waals surface area contributed by atoms with E-state index in [2.05, 4.69) is 9.46 Å². The zero-order chi connectivity index (χ0) is 16.3. The van der Waals surface area contributed by atoms with Crippen LogP contribution >= 0.6 is 22.6 Å². The minimum Gasteiger partial charge on any atom is -0.538 e. The first-order chi connectivity index (χ1) is 9.54. The standard InChI is InChI=1S/C10H8F3INO5S/c11-10(12,13)21(18,19)15-3-4-20-9(17)6-1-2-7(14)8(16)5-6/h1-2,5,16H,3-4H2/q-1. The highest BCUT2D eigenvalue weighted by molar-refractivity contribution is 14.1. The van der Waals surface area contributed by atoms with Gasteiger partial charge in [0.2, 0.25) is 0 Å². The van der Waals surface area contributed by atoms with E-state index in [1.807, 2.05) is 22.6 Å². The summed E-state index contributed by atoms with van der Waals surface area (Å²) in [5.74, 6) is -1.07. The van der Waals surface area contributed by atoms with Crippen molar-refractivity contribution >= 4 is 38.6 Å². The Morgan fingerprint density at radius 3 is 2.52 bits per heavy atom. The van der Waals surface area contributed by atoms with Gasteiger partial charge in [0.25, 0.3) is 0 Å². The van der Waals surface area contributed by atoms with E-state index >= 15 is 0 Å². The normalized spacial score (nSPS) is 12.2. The summed E-state index contributed by atoms with van der Waals surface area (Å²) >= 11 is 1.82. The average molecular weight is 438 g/mol. The zero-order valence-electron chi connectivity index (χ0n) is 10.1. The van der Waals surface area contributed by atoms with Crippen LogP contribution < -0.4 is 0 Å². The summed E-state index contributed by atoms with van der Waals surface area (Å²) in [6, 6.07) is 3.89. The SMILES string of the molecule is O=C(OCC[N-]S(=O)(=O)C(F)(F)F)c1ccc(I)c(O)c1. The van der Waals surface area contributed by atoms with Gasteiger partial charge < -0.3 is 14.6 Å². The van der Waals surface area contributed by atoms with Gasteiger partial charge >= 0.3 is 11.5 Å². The smallest absolute Gasteiger partial charge is 0.480 e. The molecule has 21 heavy (non-hydrogen) atoms. The van der Waals surface area contributed by atoms with Gasteiger partial charge in [-0.1, -0.05) is 0 Å². The maximum atomic E-state index is 11.9. The molecule has 0 spiro atoms. The summed E-state index contributed by atoms with van der Waals surface area (Å²) in [6.07, 6.45) is 0. The van der Waals surface area contributed by atoms with Crippen LogP contribution in [0.3, 0.4) is 0 Å². The number of carbonyl (C=O) groups is 1. The minimum atomic E-state index is -5.58. The quantitative estimate of drug-likeness (QED) is 0.433. The Hall–Kier alpha value is -1.08. The van der Waals surface area contributed by atoms with Crippen LogP contribution in [0.15, 0.2) is 18.2 Å². The van der Waals surface area contributed by atoms with Crippen molar-refractivity contribution in [3.05, 3.63) is 32.1 Å². The number of nitrogens with zero attached hydrogens (tertiary/aromatic N) is 1. The van der Waals surface area contributed by atoms with Gasteiger partial charge in [0.05, 0.1) is 15.7 Å². The highest BCUT2D eigenvalue weighted by atomic mass is 127. The van der Waals surface area contributed by atoms with E-state index in [0.717, 1.165) is 6.07 Å². The number of phenols is 1. The van der Waals surface area contributed by atoms with Crippen LogP contribution in [-0.2, 0) is 14.8 Å². The molecule has 0 heterocycles. The van der Waals surface area contributed by atoms with Crippen molar-refractivity contribution in [1.29, 1.82) is 0 Å². The molecule has 0 aliphatic rings. The third kappa shape index (κ3) is 5.00. The maximum absolute atomic E-state index is 11.9. The number of esters is 1. The van der Waals surface area contributed by atoms with Crippen LogP contribution in [-0.4, -0.2) is 38.2 Å². The summed E-state index contributed by atoms with van der Waals surface area (Å²) in [7, 11) is -5.58. The number of alkyl halides is 3. The molecular formula is C10H8F3INO5S-. The van der Waals surface area contributed by atoms with Gasteiger partial charge in [-0.2, -0.15) is 13.2 Å². The fraction of sp³-hybridized carbons (Fsp3) is 0.300. The van der Waals surface area contributed by atoms with Crippen LogP contribution in [0.1, 0.15) is 10.4 Å². The van der Waals surface area contributed by atoms with Crippen LogP contribution in [0.25, 0.3) is 4.72 Å². The van der Waals surface area contributed by atoms with Crippen LogP contribution in [0.5, 0.6) is 5.75 Å². The number of rotatable bonds is 5. The van der Waals surface area contributed by atoms with E-state index in [-0.39, 0.29) is 11.3 Å². The first-order valence-corrected chi connectivity index (χ1v) is 7.72. The van der Waals surface area contributed by atoms with Crippen molar-refractivity contribution in [2.45, 2.75) is 5.51 Å². The second-order valence-electron chi connectivity index (χ2n) is 3.58. The number of aromatic hydroxyl groups is 1. The summed E-state index contributed by atoms with van der Waals surface area (Å²) in [6.45, 7) is -1.48. The largest absolute Gasteiger partial charge is 0.538 e. The van der Waals surface area contributed by atoms with E-state index in [1.54, 1.807) is 0 Å². The summed E-state index contributed by atoms with van der Waals surface area (Å²) in [4.78, 5) is 11.5. The topological polar surface area (TPSA) is 94.8 Å². The molecule has 0 unspecified atom stereocenters. The predicted octanol–water partition coefficient (Wildman–Crippen LogP) is 2.38. The molecule has 1 N–H and O–H groups in total. The lowest BCUT2D eigenvalue weighted by atomic mass is 10.2. The molecule has 0 aliphatic carbocycles. The van der Waals surface area contributed by atoms with Crippen molar-refractivity contribution in [3.8, 4) is 5.75 Å². The molecule has 0 bridgehead atoms. The van der Waals surface area contributed by atoms with Crippen molar-refractivity contribution in [1.82, 2.24) is 0 Å². The van der Waals surface area contributed by atoms with Gasteiger partial charge in [-0.15, -0.1) is 6.54 Å². The molecule has 0 saturated carbocycles. The maximum Gasteiger partial charge on any atom is 0.480 e. The van der Waals surface area contributed by atoms with Gasteiger partial charge in [-0.05, 0) is 40.8 Å². The van der Waals surface area contributed by atoms with E-state index < -0.39 is 34.7 Å². The fourth-order valence-corrected chi connectivity index (χ4v) is 1.89. The van der Waals surface area contributed by atoms with Gasteiger partial charge in [0.15, 0.2) is 10.0 Å². The Bertz CT molecular complexity index is 632. The lowest BCUT2D eigenvalue weighted by Crippen LogP contribution is -2.23. The molecule has 0 aliphatic heterocycles. The predicted molar refractivity (Wildman–Crippen MR) is 74.3 cm³/mol. The van der Waals surface area contributed by atoms with Crippen molar-refractivity contribution in [2.24, 2.45) is 0 Å². The lowest BCUT2D eigenvalue weighted by molar-refractivity contribution is -0.0427. The number of hydrogen-bond donors (Lipinski definition) is 1. The van der Waals surface area contributed by atoms with E-state index in [1.165, 1.54) is 12.1 Å². The third-order valence-corrected chi connectivity index (χ3v) is 4.08. The van der Waals surface area contributed by atoms with E-state index in [0.29, 0.717) is 3.57 Å². The highest BCUT2D eigenvalue weighted by Gasteiger charge is 2.38. The monoisotopic (exact) mass is 438 g/mol. The van der Waals surface area contributed by atoms with Crippen LogP contribution in [0.2, 0.25) is 0 Å². The number of ether oxygens (including phenoxy) is 1. The molecule has 0 saturated heterocycles. The average Bonchev–Trinajstić information content (AvgIpc) is 2.36. The Morgan fingerprint density at radius 2 is 2.00 bits per heavy atom. The molecule has 0 radical (unpaired) electrons. The first kappa shape index (κ1) is 18.0. The summed E-state index contributed by atoms with van der Waals surface area (Å²) in [5, 5.41) is 9.38. The Balaban J connectivity index is 2.50. The van der Waals surface area contributed by atoms with Crippen LogP contribution in [0.4, 0.5) is 13.2 Å². The Labute approximate surface area is 131 Å². The molecular weight excluding hydrogens is 430 g/mol. The molecule has 0 fully saturated rings. The van der Waals surface area contributed by atoms with Crippen molar-refractivity contribution in [2.75, 3.05) is 13.2 Å². The molecule has 0 aromatic heterocycles. The number of benzene rings is 1. The van der Waals surface area contributed by atoms with Crippen molar-refractivity contribution in [3.63, 3.8) is 0 Å². The molecule has 0 atom stereocenters. The van der Waals surface area contributed by atoms with E-state index in [4.69, 9.17) is 0 Å². The second kappa shape index (κ2) is 6.79. The number of carbonyl (C=O) groups excluding carboxylic acids is 1. The Kier molecular flexibility index (Phi) is 5.81. The highest BCUT2D eigenvalue weighted by Crippen LogP contribution is 2.27. The number of halogens is 4. The summed E-state index contributed by atoms with van der Waals surface area (Å²) < 4.78 is 64.5. The second-order valence-corrected chi connectivity index (χ2v) is 6.41. The third-order valence-electron chi connectivity index (χ3n) is 2.06. The first-order valence-electron chi connectivity index (χ1n) is 5.20. The van der Waals surface area contributed by atoms with Crippen molar-refractivity contribution < 1.29 is 36.2 Å². The lowest BCUT2D eigenvalue weighted by Gasteiger charge is -2.21. The molecule has 1 aromatic carbocycles. The van der Waals surface area contributed by atoms with E-state index in [9.17, 15) is 31.5 Å². The molecule has 1 rings (SSSR count). The number of phenolic OH excluding ortho intramolecular Hbond substituents is 1. The van der Waals surface area contributed by atoms with Crippen LogP contribution in [0, 0.1) is 3.57 Å². The molecule has 1 aromatic rings. The van der Waals surface area contributed by atoms with Gasteiger partial charge in [0.1, 0.15) is 5.75 Å². The zero-order valence-corrected chi connectivity index (χ0v) is 13.1. The number of hydrogen-bond acceptors (Lipinski definition) is 5. The molecule has 11 heteroatoms. The van der Waals surface area contributed by atoms with Gasteiger partial charge in [0, 0.05) is 0 Å². The minimum absolute atomic E-state index is 0.0217. The molecule has 6 nitrogen and oxygen atoms in total. The Morgan fingerprint density at radius 1 is 1.38 bits per heavy atom. The fourth-order valence-electron chi connectivity index (χ4n) is 1.09.